The predicted octanol–water partition coefficient (Wildman–Crippen LogP) is -0.0514. The van der Waals surface area contributed by atoms with E-state index in [1.54, 1.807) is 17.8 Å². The van der Waals surface area contributed by atoms with E-state index < -0.39 is 17.9 Å². The van der Waals surface area contributed by atoms with Crippen molar-refractivity contribution in [3.8, 4) is 5.88 Å². The second-order valence-electron chi connectivity index (χ2n) is 4.10. The molecule has 0 saturated carbocycles. The zero-order valence-electron chi connectivity index (χ0n) is 11.1. The monoisotopic (exact) mass is 270 g/mol. The van der Waals surface area contributed by atoms with Gasteiger partial charge in [0.1, 0.15) is 0 Å². The van der Waals surface area contributed by atoms with Gasteiger partial charge in [-0.25, -0.2) is 9.48 Å². The van der Waals surface area contributed by atoms with Gasteiger partial charge < -0.3 is 20.5 Å². The van der Waals surface area contributed by atoms with Crippen LogP contribution in [0.4, 0.5) is 4.79 Å². The third-order valence-electron chi connectivity index (χ3n) is 2.52. The lowest BCUT2D eigenvalue weighted by molar-refractivity contribution is -0.140. The number of nitrogens with one attached hydrogen (secondary N) is 2. The van der Waals surface area contributed by atoms with Gasteiger partial charge in [0, 0.05) is 19.7 Å². The molecule has 1 unspecified atom stereocenters. The van der Waals surface area contributed by atoms with Gasteiger partial charge in [0.05, 0.1) is 25.3 Å². The third-order valence-corrected chi connectivity index (χ3v) is 2.52. The number of carbonyl (C=O) groups is 2. The molecule has 0 aliphatic carbocycles. The van der Waals surface area contributed by atoms with Crippen LogP contribution in [-0.2, 0) is 18.4 Å². The molecular weight excluding hydrogens is 252 g/mol. The van der Waals surface area contributed by atoms with Crippen LogP contribution in [0.15, 0.2) is 6.07 Å². The van der Waals surface area contributed by atoms with E-state index in [1.807, 2.05) is 0 Å². The van der Waals surface area contributed by atoms with Gasteiger partial charge in [-0.15, -0.1) is 0 Å². The summed E-state index contributed by atoms with van der Waals surface area (Å²) < 4.78 is 6.60. The predicted molar refractivity (Wildman–Crippen MR) is 66.8 cm³/mol. The molecule has 0 fully saturated rings. The maximum absolute atomic E-state index is 11.4. The zero-order valence-corrected chi connectivity index (χ0v) is 11.1. The molecule has 1 aromatic heterocycles. The number of hydrogen-bond donors (Lipinski definition) is 3. The minimum atomic E-state index is -0.949. The minimum absolute atomic E-state index is 0.0761. The average Bonchev–Trinajstić information content (AvgIpc) is 2.73. The number of aryl methyl sites for hydroxylation is 1. The van der Waals surface area contributed by atoms with Crippen LogP contribution >= 0.6 is 0 Å². The molecule has 2 amide bonds. The molecule has 1 rings (SSSR count). The molecule has 106 valence electrons. The molecule has 0 radical (unpaired) electrons. The summed E-state index contributed by atoms with van der Waals surface area (Å²) in [5.74, 6) is -0.979. The van der Waals surface area contributed by atoms with Crippen LogP contribution in [0.2, 0.25) is 0 Å². The second-order valence-corrected chi connectivity index (χ2v) is 4.10. The summed E-state index contributed by atoms with van der Waals surface area (Å²) in [5, 5.41) is 17.9. The minimum Gasteiger partial charge on any atom is -0.481 e. The van der Waals surface area contributed by atoms with Crippen molar-refractivity contribution in [2.24, 2.45) is 13.0 Å². The summed E-state index contributed by atoms with van der Waals surface area (Å²) in [4.78, 5) is 22.0. The summed E-state index contributed by atoms with van der Waals surface area (Å²) >= 11 is 0. The molecular formula is C11H18N4O4. The van der Waals surface area contributed by atoms with E-state index in [2.05, 4.69) is 15.7 Å². The Morgan fingerprint density at radius 3 is 2.74 bits per heavy atom. The van der Waals surface area contributed by atoms with Crippen LogP contribution in [0.3, 0.4) is 0 Å². The summed E-state index contributed by atoms with van der Waals surface area (Å²) in [6.07, 6.45) is 0. The molecule has 0 bridgehead atoms. The number of carbonyl (C=O) groups excluding carboxylic acids is 1. The number of urea groups is 1. The number of ether oxygens (including phenoxy) is 1. The number of aliphatic carboxylic acids is 1. The van der Waals surface area contributed by atoms with Crippen molar-refractivity contribution >= 4 is 12.0 Å². The second kappa shape index (κ2) is 6.62. The Hall–Kier alpha value is -2.25. The first-order valence-electron chi connectivity index (χ1n) is 5.75. The first kappa shape index (κ1) is 14.8. The highest BCUT2D eigenvalue weighted by atomic mass is 16.5. The maximum Gasteiger partial charge on any atom is 0.315 e. The topological polar surface area (TPSA) is 105 Å². The van der Waals surface area contributed by atoms with Gasteiger partial charge in [0.2, 0.25) is 5.88 Å². The van der Waals surface area contributed by atoms with Gasteiger partial charge in [-0.1, -0.05) is 6.92 Å². The van der Waals surface area contributed by atoms with E-state index in [9.17, 15) is 9.59 Å². The molecule has 0 aliphatic heterocycles. The van der Waals surface area contributed by atoms with Crippen molar-refractivity contribution in [1.29, 1.82) is 0 Å². The highest BCUT2D eigenvalue weighted by Gasteiger charge is 2.12. The summed E-state index contributed by atoms with van der Waals surface area (Å²) in [6, 6.07) is 1.28. The molecule has 1 heterocycles. The van der Waals surface area contributed by atoms with Crippen LogP contribution < -0.4 is 15.4 Å². The van der Waals surface area contributed by atoms with Crippen LogP contribution in [0, 0.1) is 5.92 Å². The lowest BCUT2D eigenvalue weighted by Crippen LogP contribution is -2.38. The highest BCUT2D eigenvalue weighted by Crippen LogP contribution is 2.10. The van der Waals surface area contributed by atoms with E-state index >= 15 is 0 Å². The molecule has 1 atom stereocenters. The molecule has 0 aromatic carbocycles. The molecule has 0 aliphatic rings. The lowest BCUT2D eigenvalue weighted by atomic mass is 10.2. The van der Waals surface area contributed by atoms with E-state index in [0.29, 0.717) is 11.6 Å². The Morgan fingerprint density at radius 1 is 1.53 bits per heavy atom. The molecule has 1 aromatic rings. The van der Waals surface area contributed by atoms with E-state index in [4.69, 9.17) is 9.84 Å². The van der Waals surface area contributed by atoms with Gasteiger partial charge in [-0.2, -0.15) is 5.10 Å². The summed E-state index contributed by atoms with van der Waals surface area (Å²) in [7, 11) is 3.27. The zero-order chi connectivity index (χ0) is 14.4. The van der Waals surface area contributed by atoms with Crippen molar-refractivity contribution in [2.75, 3.05) is 13.7 Å². The largest absolute Gasteiger partial charge is 0.481 e. The molecule has 0 spiro atoms. The maximum atomic E-state index is 11.4. The van der Waals surface area contributed by atoms with Crippen molar-refractivity contribution in [3.63, 3.8) is 0 Å². The number of aromatic nitrogens is 2. The molecule has 0 saturated heterocycles. The third kappa shape index (κ3) is 4.49. The number of carboxylic acid groups (broad SMARTS) is 1. The molecule has 19 heavy (non-hydrogen) atoms. The highest BCUT2D eigenvalue weighted by molar-refractivity contribution is 5.75. The number of nitrogens with zero attached hydrogens (tertiary/aromatic N) is 2. The first-order valence-corrected chi connectivity index (χ1v) is 5.75. The Kier molecular flexibility index (Phi) is 5.16. The fourth-order valence-electron chi connectivity index (χ4n) is 1.35. The van der Waals surface area contributed by atoms with Gasteiger partial charge in [-0.3, -0.25) is 4.79 Å². The van der Waals surface area contributed by atoms with Crippen molar-refractivity contribution in [1.82, 2.24) is 20.4 Å². The van der Waals surface area contributed by atoms with Crippen LogP contribution in [0.1, 0.15) is 12.6 Å². The van der Waals surface area contributed by atoms with Crippen molar-refractivity contribution in [2.45, 2.75) is 13.5 Å². The van der Waals surface area contributed by atoms with E-state index in [0.717, 1.165) is 0 Å². The molecule has 8 heteroatoms. The number of hydrogen-bond acceptors (Lipinski definition) is 4. The smallest absolute Gasteiger partial charge is 0.315 e. The Bertz CT molecular complexity index is 458. The van der Waals surface area contributed by atoms with Gasteiger partial charge in [0.15, 0.2) is 0 Å². The lowest BCUT2D eigenvalue weighted by Gasteiger charge is -2.08. The normalized spacial score (nSPS) is 11.7. The van der Waals surface area contributed by atoms with Crippen molar-refractivity contribution < 1.29 is 19.4 Å². The van der Waals surface area contributed by atoms with Gasteiger partial charge in [-0.05, 0) is 0 Å². The molecule has 8 nitrogen and oxygen atoms in total. The van der Waals surface area contributed by atoms with Crippen LogP contribution in [-0.4, -0.2) is 40.5 Å². The average molecular weight is 270 g/mol. The Morgan fingerprint density at radius 2 is 2.21 bits per heavy atom. The van der Waals surface area contributed by atoms with Gasteiger partial charge >= 0.3 is 12.0 Å². The summed E-state index contributed by atoms with van der Waals surface area (Å²) in [5.41, 5.74) is 0.654. The van der Waals surface area contributed by atoms with Crippen LogP contribution in [0.5, 0.6) is 5.88 Å². The van der Waals surface area contributed by atoms with E-state index in [1.165, 1.54) is 14.0 Å². The van der Waals surface area contributed by atoms with Gasteiger partial charge in [0.25, 0.3) is 0 Å². The fraction of sp³-hybridized carbons (Fsp3) is 0.545. The Balaban J connectivity index is 2.35. The van der Waals surface area contributed by atoms with Crippen LogP contribution in [0.25, 0.3) is 0 Å². The number of amides is 2. The standard InChI is InChI=1S/C11H18N4O4/c1-7(10(16)17)5-12-11(18)13-6-8-4-9(19-3)15(2)14-8/h4,7H,5-6H2,1-3H3,(H,16,17)(H2,12,13,18). The summed E-state index contributed by atoms with van der Waals surface area (Å²) in [6.45, 7) is 1.84. The first-order chi connectivity index (χ1) is 8.93. The number of rotatable bonds is 6. The Labute approximate surface area is 110 Å². The SMILES string of the molecule is COc1cc(CNC(=O)NCC(C)C(=O)O)nn1C. The molecule has 3 N–H and O–H groups in total. The fourth-order valence-corrected chi connectivity index (χ4v) is 1.35. The number of carboxylic acids is 1. The number of methoxy groups -OCH3 is 1. The quantitative estimate of drug-likeness (QED) is 0.672. The van der Waals surface area contributed by atoms with Crippen molar-refractivity contribution in [3.05, 3.63) is 11.8 Å². The van der Waals surface area contributed by atoms with E-state index in [-0.39, 0.29) is 13.1 Å².